The van der Waals surface area contributed by atoms with Gasteiger partial charge < -0.3 is 0 Å². The molecule has 4 nitrogen and oxygen atoms in total. The fourth-order valence-electron chi connectivity index (χ4n) is 2.77. The highest BCUT2D eigenvalue weighted by Gasteiger charge is 2.26. The Hall–Kier alpha value is -1.36. The molecule has 2 aliphatic rings. The molecular weight excluding hydrogens is 272 g/mol. The maximum absolute atomic E-state index is 12.1. The predicted molar refractivity (Wildman–Crippen MR) is 78.5 cm³/mol. The second kappa shape index (κ2) is 5.56. The summed E-state index contributed by atoms with van der Waals surface area (Å²) in [5.74, 6) is 0.545. The van der Waals surface area contributed by atoms with Gasteiger partial charge >= 0.3 is 0 Å². The Kier molecular flexibility index (Phi) is 3.78. The minimum absolute atomic E-state index is 0.0560. The van der Waals surface area contributed by atoms with E-state index in [9.17, 15) is 9.59 Å². The molecular formula is C15H20N2O2S. The summed E-state index contributed by atoms with van der Waals surface area (Å²) in [6.45, 7) is 2.25. The fraction of sp³-hybridized carbons (Fsp3) is 0.600. The average Bonchev–Trinajstić information content (AvgIpc) is 2.76. The Balaban J connectivity index is 1.58. The summed E-state index contributed by atoms with van der Waals surface area (Å²) in [5, 5.41) is 0. The molecule has 0 aromatic carbocycles. The minimum atomic E-state index is -0.190. The van der Waals surface area contributed by atoms with Crippen molar-refractivity contribution in [3.05, 3.63) is 21.4 Å². The van der Waals surface area contributed by atoms with Crippen molar-refractivity contribution in [2.24, 2.45) is 11.8 Å². The van der Waals surface area contributed by atoms with E-state index >= 15 is 0 Å². The van der Waals surface area contributed by atoms with Gasteiger partial charge in [0, 0.05) is 10.8 Å². The number of fused-ring (bicyclic) bond motifs is 1. The molecule has 2 aliphatic carbocycles. The van der Waals surface area contributed by atoms with E-state index in [0.29, 0.717) is 10.8 Å². The predicted octanol–water partition coefficient (Wildman–Crippen LogP) is 2.43. The van der Waals surface area contributed by atoms with Crippen LogP contribution >= 0.6 is 11.3 Å². The molecule has 0 radical (unpaired) electrons. The van der Waals surface area contributed by atoms with E-state index in [1.54, 1.807) is 11.3 Å². The minimum Gasteiger partial charge on any atom is -0.273 e. The van der Waals surface area contributed by atoms with Crippen LogP contribution in [0.15, 0.2) is 6.07 Å². The van der Waals surface area contributed by atoms with E-state index in [4.69, 9.17) is 0 Å². The van der Waals surface area contributed by atoms with E-state index < -0.39 is 0 Å². The smallest absolute Gasteiger partial charge is 0.273 e. The Labute approximate surface area is 122 Å². The van der Waals surface area contributed by atoms with Crippen LogP contribution < -0.4 is 10.9 Å². The number of rotatable bonds is 2. The van der Waals surface area contributed by atoms with E-state index in [-0.39, 0.29) is 17.7 Å². The first-order chi connectivity index (χ1) is 9.63. The van der Waals surface area contributed by atoms with E-state index in [2.05, 4.69) is 17.8 Å². The van der Waals surface area contributed by atoms with Crippen LogP contribution in [0, 0.1) is 11.8 Å². The molecule has 2 amide bonds. The van der Waals surface area contributed by atoms with Gasteiger partial charge in [0.05, 0.1) is 4.88 Å². The van der Waals surface area contributed by atoms with Crippen molar-refractivity contribution in [1.29, 1.82) is 0 Å². The van der Waals surface area contributed by atoms with Crippen molar-refractivity contribution in [2.75, 3.05) is 0 Å². The number of carbonyl (C=O) groups is 2. The van der Waals surface area contributed by atoms with E-state index in [1.807, 2.05) is 6.07 Å². The zero-order chi connectivity index (χ0) is 14.1. The van der Waals surface area contributed by atoms with Crippen LogP contribution in [0.1, 0.15) is 52.7 Å². The first-order valence-electron chi connectivity index (χ1n) is 7.35. The van der Waals surface area contributed by atoms with Gasteiger partial charge in [-0.1, -0.05) is 13.3 Å². The molecule has 2 N–H and O–H groups in total. The third kappa shape index (κ3) is 2.73. The lowest BCUT2D eigenvalue weighted by Gasteiger charge is -2.23. The molecule has 1 aromatic rings. The van der Waals surface area contributed by atoms with Crippen LogP contribution in [0.2, 0.25) is 0 Å². The van der Waals surface area contributed by atoms with Crippen molar-refractivity contribution >= 4 is 23.2 Å². The van der Waals surface area contributed by atoms with Crippen molar-refractivity contribution in [3.63, 3.8) is 0 Å². The summed E-state index contributed by atoms with van der Waals surface area (Å²) >= 11 is 1.56. The number of hydrogen-bond donors (Lipinski definition) is 2. The Bertz CT molecular complexity index is 534. The fourth-order valence-corrected chi connectivity index (χ4v) is 3.87. The molecule has 1 atom stereocenters. The first-order valence-corrected chi connectivity index (χ1v) is 8.17. The summed E-state index contributed by atoms with van der Waals surface area (Å²) in [5.41, 5.74) is 6.39. The maximum atomic E-state index is 12.1. The van der Waals surface area contributed by atoms with Gasteiger partial charge in [-0.3, -0.25) is 20.4 Å². The molecule has 1 unspecified atom stereocenters. The van der Waals surface area contributed by atoms with Gasteiger partial charge in [-0.2, -0.15) is 0 Å². The zero-order valence-electron chi connectivity index (χ0n) is 11.7. The van der Waals surface area contributed by atoms with Gasteiger partial charge in [-0.25, -0.2) is 0 Å². The topological polar surface area (TPSA) is 58.2 Å². The molecule has 5 heteroatoms. The summed E-state index contributed by atoms with van der Waals surface area (Å²) < 4.78 is 0. The van der Waals surface area contributed by atoms with Gasteiger partial charge in [0.15, 0.2) is 0 Å². The van der Waals surface area contributed by atoms with Crippen LogP contribution in [-0.2, 0) is 17.6 Å². The number of nitrogens with one attached hydrogen (secondary N) is 2. The van der Waals surface area contributed by atoms with Crippen molar-refractivity contribution in [3.8, 4) is 0 Å². The number of hydrogen-bond acceptors (Lipinski definition) is 3. The number of hydrazine groups is 1. The molecule has 0 aliphatic heterocycles. The van der Waals surface area contributed by atoms with Gasteiger partial charge in [0.2, 0.25) is 5.91 Å². The quantitative estimate of drug-likeness (QED) is 0.823. The summed E-state index contributed by atoms with van der Waals surface area (Å²) in [4.78, 5) is 25.8. The number of amides is 2. The lowest BCUT2D eigenvalue weighted by Crippen LogP contribution is -2.45. The molecule has 20 heavy (non-hydrogen) atoms. The largest absolute Gasteiger partial charge is 0.279 e. The lowest BCUT2D eigenvalue weighted by atomic mass is 9.85. The Morgan fingerprint density at radius 2 is 2.05 bits per heavy atom. The number of carbonyl (C=O) groups excluding carboxylic acids is 2. The van der Waals surface area contributed by atoms with Gasteiger partial charge in [0.1, 0.15) is 0 Å². The Morgan fingerprint density at radius 3 is 2.75 bits per heavy atom. The van der Waals surface area contributed by atoms with Crippen LogP contribution in [-0.4, -0.2) is 11.8 Å². The molecule has 3 rings (SSSR count). The normalized spacial score (nSPS) is 21.8. The van der Waals surface area contributed by atoms with Crippen molar-refractivity contribution in [1.82, 2.24) is 10.9 Å². The summed E-state index contributed by atoms with van der Waals surface area (Å²) in [6.07, 6.45) is 6.32. The molecule has 1 heterocycles. The molecule has 0 spiro atoms. The Morgan fingerprint density at radius 1 is 1.25 bits per heavy atom. The summed E-state index contributed by atoms with van der Waals surface area (Å²) in [6, 6.07) is 1.99. The van der Waals surface area contributed by atoms with Crippen LogP contribution in [0.3, 0.4) is 0 Å². The van der Waals surface area contributed by atoms with Gasteiger partial charge in [0.25, 0.3) is 5.91 Å². The van der Waals surface area contributed by atoms with Gasteiger partial charge in [-0.05, 0) is 49.7 Å². The molecule has 0 bridgehead atoms. The molecule has 0 saturated heterocycles. The van der Waals surface area contributed by atoms with Crippen molar-refractivity contribution < 1.29 is 9.59 Å². The first kappa shape index (κ1) is 13.6. The summed E-state index contributed by atoms with van der Waals surface area (Å²) in [7, 11) is 0. The maximum Gasteiger partial charge on any atom is 0.279 e. The highest BCUT2D eigenvalue weighted by molar-refractivity contribution is 7.14. The van der Waals surface area contributed by atoms with Crippen LogP contribution in [0.25, 0.3) is 0 Å². The highest BCUT2D eigenvalue weighted by atomic mass is 32.1. The molecule has 108 valence electrons. The van der Waals surface area contributed by atoms with E-state index in [1.165, 1.54) is 16.9 Å². The lowest BCUT2D eigenvalue weighted by molar-refractivity contribution is -0.128. The van der Waals surface area contributed by atoms with E-state index in [0.717, 1.165) is 32.1 Å². The molecule has 1 fully saturated rings. The van der Waals surface area contributed by atoms with Crippen LogP contribution in [0.5, 0.6) is 0 Å². The molecule has 1 aromatic heterocycles. The van der Waals surface area contributed by atoms with Gasteiger partial charge in [-0.15, -0.1) is 11.3 Å². The highest BCUT2D eigenvalue weighted by Crippen LogP contribution is 2.32. The number of thiophene rings is 1. The zero-order valence-corrected chi connectivity index (χ0v) is 12.5. The second-order valence-corrected chi connectivity index (χ2v) is 7.11. The van der Waals surface area contributed by atoms with Crippen molar-refractivity contribution in [2.45, 2.75) is 45.4 Å². The molecule has 1 saturated carbocycles. The standard InChI is InChI=1S/C15H20N2O2S/c1-9-5-6-12-11(7-9)8-13(20-12)15(19)17-16-14(18)10-3-2-4-10/h8-10H,2-7H2,1H3,(H,16,18)(H,17,19). The SMILES string of the molecule is CC1CCc2sc(C(=O)NNC(=O)C3CCC3)cc2C1. The average molecular weight is 292 g/mol. The third-order valence-electron chi connectivity index (χ3n) is 4.33. The number of aryl methyl sites for hydroxylation is 1. The third-order valence-corrected chi connectivity index (χ3v) is 5.56. The second-order valence-electron chi connectivity index (χ2n) is 5.98. The van der Waals surface area contributed by atoms with Crippen LogP contribution in [0.4, 0.5) is 0 Å². The monoisotopic (exact) mass is 292 g/mol.